The summed E-state index contributed by atoms with van der Waals surface area (Å²) in [6, 6.07) is 5.89. The zero-order valence-electron chi connectivity index (χ0n) is 13.9. The van der Waals surface area contributed by atoms with E-state index in [1.165, 1.54) is 12.0 Å². The van der Waals surface area contributed by atoms with Crippen molar-refractivity contribution in [2.45, 2.75) is 45.6 Å². The molecule has 0 aromatic heterocycles. The van der Waals surface area contributed by atoms with Gasteiger partial charge in [-0.2, -0.15) is 0 Å². The maximum absolute atomic E-state index is 12.4. The third-order valence-corrected chi connectivity index (χ3v) is 4.89. The molecular weight excluding hydrogens is 290 g/mol. The molecule has 0 radical (unpaired) electrons. The summed E-state index contributed by atoms with van der Waals surface area (Å²) in [7, 11) is 0. The highest BCUT2D eigenvalue weighted by Gasteiger charge is 2.30. The third kappa shape index (κ3) is 3.69. The fourth-order valence-corrected chi connectivity index (χ4v) is 3.62. The van der Waals surface area contributed by atoms with Gasteiger partial charge in [0.15, 0.2) is 11.5 Å². The molecule has 2 aliphatic rings. The number of amides is 1. The summed E-state index contributed by atoms with van der Waals surface area (Å²) < 4.78 is 10.7. The van der Waals surface area contributed by atoms with Crippen LogP contribution in [0.25, 0.3) is 0 Å². The Balaban J connectivity index is 1.62. The number of hydrogen-bond acceptors (Lipinski definition) is 3. The van der Waals surface area contributed by atoms with Gasteiger partial charge in [0.25, 0.3) is 0 Å². The lowest BCUT2D eigenvalue weighted by Gasteiger charge is -2.36. The van der Waals surface area contributed by atoms with Crippen LogP contribution in [0.3, 0.4) is 0 Å². The predicted molar refractivity (Wildman–Crippen MR) is 89.5 cm³/mol. The Morgan fingerprint density at radius 1 is 1.30 bits per heavy atom. The lowest BCUT2D eigenvalue weighted by atomic mass is 9.76. The summed E-state index contributed by atoms with van der Waals surface area (Å²) in [5, 5.41) is 3.23. The average molecular weight is 315 g/mol. The van der Waals surface area contributed by atoms with E-state index in [1.54, 1.807) is 0 Å². The molecule has 1 N–H and O–H groups in total. The van der Waals surface area contributed by atoms with E-state index in [1.807, 2.05) is 18.2 Å². The van der Waals surface area contributed by atoms with Crippen LogP contribution in [0.4, 0.5) is 0 Å². The maximum Gasteiger partial charge on any atom is 0.231 e. The Morgan fingerprint density at radius 3 is 2.87 bits per heavy atom. The van der Waals surface area contributed by atoms with Crippen molar-refractivity contribution in [2.24, 2.45) is 11.8 Å². The summed E-state index contributed by atoms with van der Waals surface area (Å²) in [6.45, 7) is 8.68. The lowest BCUT2D eigenvalue weighted by Crippen LogP contribution is -2.44. The van der Waals surface area contributed by atoms with Gasteiger partial charge in [0.2, 0.25) is 12.7 Å². The zero-order valence-corrected chi connectivity index (χ0v) is 13.9. The largest absolute Gasteiger partial charge is 0.454 e. The number of fused-ring (bicyclic) bond motifs is 1. The van der Waals surface area contributed by atoms with E-state index in [-0.39, 0.29) is 18.7 Å². The minimum atomic E-state index is 0.0641. The number of benzene rings is 1. The fourth-order valence-electron chi connectivity index (χ4n) is 3.62. The van der Waals surface area contributed by atoms with Crippen molar-refractivity contribution in [2.75, 3.05) is 6.79 Å². The van der Waals surface area contributed by atoms with E-state index in [0.29, 0.717) is 18.3 Å². The molecule has 4 nitrogen and oxygen atoms in total. The first-order valence-corrected chi connectivity index (χ1v) is 8.36. The Bertz CT molecular complexity index is 611. The molecule has 0 spiro atoms. The predicted octanol–water partition coefficient (Wildman–Crippen LogP) is 3.45. The maximum atomic E-state index is 12.4. The van der Waals surface area contributed by atoms with Crippen molar-refractivity contribution in [3.63, 3.8) is 0 Å². The first kappa shape index (κ1) is 15.9. The van der Waals surface area contributed by atoms with Gasteiger partial charge in [-0.25, -0.2) is 0 Å². The second kappa shape index (κ2) is 6.65. The van der Waals surface area contributed by atoms with Crippen molar-refractivity contribution >= 4 is 5.91 Å². The number of nitrogens with one attached hydrogen (secondary N) is 1. The van der Waals surface area contributed by atoms with Crippen molar-refractivity contribution in [1.82, 2.24) is 5.32 Å². The summed E-state index contributed by atoms with van der Waals surface area (Å²) >= 11 is 0. The van der Waals surface area contributed by atoms with Crippen molar-refractivity contribution < 1.29 is 14.3 Å². The molecule has 1 heterocycles. The molecule has 4 heteroatoms. The number of rotatable bonds is 4. The molecule has 1 aliphatic heterocycles. The highest BCUT2D eigenvalue weighted by Crippen LogP contribution is 2.34. The molecule has 23 heavy (non-hydrogen) atoms. The molecule has 3 atom stereocenters. The monoisotopic (exact) mass is 315 g/mol. The smallest absolute Gasteiger partial charge is 0.231 e. The molecule has 1 amide bonds. The Morgan fingerprint density at radius 2 is 2.09 bits per heavy atom. The van der Waals surface area contributed by atoms with Crippen LogP contribution in [0.1, 0.15) is 38.7 Å². The minimum Gasteiger partial charge on any atom is -0.454 e. The number of ether oxygens (including phenoxy) is 2. The molecule has 0 bridgehead atoms. The van der Waals surface area contributed by atoms with Crippen LogP contribution >= 0.6 is 0 Å². The molecule has 1 aliphatic carbocycles. The first-order chi connectivity index (χ1) is 11.0. The highest BCUT2D eigenvalue weighted by atomic mass is 16.7. The van der Waals surface area contributed by atoms with Crippen LogP contribution in [-0.4, -0.2) is 18.7 Å². The van der Waals surface area contributed by atoms with E-state index >= 15 is 0 Å². The Kier molecular flexibility index (Phi) is 4.60. The van der Waals surface area contributed by atoms with Gasteiger partial charge < -0.3 is 14.8 Å². The summed E-state index contributed by atoms with van der Waals surface area (Å²) in [4.78, 5) is 12.4. The number of carbonyl (C=O) groups is 1. The van der Waals surface area contributed by atoms with Gasteiger partial charge in [-0.1, -0.05) is 25.1 Å². The highest BCUT2D eigenvalue weighted by molar-refractivity contribution is 5.79. The van der Waals surface area contributed by atoms with Crippen molar-refractivity contribution in [1.29, 1.82) is 0 Å². The standard InChI is InChI=1S/C19H25NO3/c1-12(2)15-6-4-13(3)8-16(15)20-19(21)10-14-5-7-17-18(9-14)23-11-22-17/h5,7,9,13,15-16H,1,4,6,8,10-11H2,2-3H3,(H,20,21)/t13?,15-,16-/m0/s1. The molecule has 1 aromatic rings. The molecule has 0 saturated heterocycles. The Labute approximate surface area is 137 Å². The quantitative estimate of drug-likeness (QED) is 0.866. The normalized spacial score (nSPS) is 25.9. The van der Waals surface area contributed by atoms with E-state index in [4.69, 9.17) is 9.47 Å². The van der Waals surface area contributed by atoms with Gasteiger partial charge >= 0.3 is 0 Å². The topological polar surface area (TPSA) is 47.6 Å². The average Bonchev–Trinajstić information content (AvgIpc) is 2.94. The second-order valence-corrected chi connectivity index (χ2v) is 6.91. The van der Waals surface area contributed by atoms with Crippen molar-refractivity contribution in [3.8, 4) is 11.5 Å². The van der Waals surface area contributed by atoms with E-state index < -0.39 is 0 Å². The molecule has 1 saturated carbocycles. The molecule has 1 unspecified atom stereocenters. The van der Waals surface area contributed by atoms with Crippen LogP contribution < -0.4 is 14.8 Å². The fraction of sp³-hybridized carbons (Fsp3) is 0.526. The van der Waals surface area contributed by atoms with Gasteiger partial charge in [-0.05, 0) is 55.7 Å². The molecule has 1 fully saturated rings. The van der Waals surface area contributed by atoms with Crippen LogP contribution in [-0.2, 0) is 11.2 Å². The Hall–Kier alpha value is -1.97. The molecule has 3 rings (SSSR count). The van der Waals surface area contributed by atoms with Gasteiger partial charge in [-0.15, -0.1) is 0 Å². The van der Waals surface area contributed by atoms with Crippen molar-refractivity contribution in [3.05, 3.63) is 35.9 Å². The summed E-state index contributed by atoms with van der Waals surface area (Å²) in [5.41, 5.74) is 2.12. The van der Waals surface area contributed by atoms with Crippen LogP contribution in [0, 0.1) is 11.8 Å². The van der Waals surface area contributed by atoms with Gasteiger partial charge in [-0.3, -0.25) is 4.79 Å². The molecule has 124 valence electrons. The molecule has 1 aromatic carbocycles. The van der Waals surface area contributed by atoms with Gasteiger partial charge in [0.05, 0.1) is 6.42 Å². The van der Waals surface area contributed by atoms with Crippen LogP contribution in [0.15, 0.2) is 30.4 Å². The SMILES string of the molecule is C=C(C)[C@@H]1CCC(C)C[C@@H]1NC(=O)Cc1ccc2c(c1)OCO2. The van der Waals surface area contributed by atoms with E-state index in [0.717, 1.165) is 29.9 Å². The zero-order chi connectivity index (χ0) is 16.4. The number of carbonyl (C=O) groups excluding carboxylic acids is 1. The summed E-state index contributed by atoms with van der Waals surface area (Å²) in [6.07, 6.45) is 3.73. The number of hydrogen-bond donors (Lipinski definition) is 1. The first-order valence-electron chi connectivity index (χ1n) is 8.36. The van der Waals surface area contributed by atoms with Crippen LogP contribution in [0.5, 0.6) is 11.5 Å². The minimum absolute atomic E-state index is 0.0641. The lowest BCUT2D eigenvalue weighted by molar-refractivity contribution is -0.121. The summed E-state index contributed by atoms with van der Waals surface area (Å²) in [5.74, 6) is 2.58. The third-order valence-electron chi connectivity index (χ3n) is 4.89. The second-order valence-electron chi connectivity index (χ2n) is 6.91. The van der Waals surface area contributed by atoms with E-state index in [9.17, 15) is 4.79 Å². The van der Waals surface area contributed by atoms with E-state index in [2.05, 4.69) is 25.7 Å². The molecular formula is C19H25NO3. The van der Waals surface area contributed by atoms with Gasteiger partial charge in [0, 0.05) is 6.04 Å². The van der Waals surface area contributed by atoms with Crippen LogP contribution in [0.2, 0.25) is 0 Å². The van der Waals surface area contributed by atoms with Gasteiger partial charge in [0.1, 0.15) is 0 Å².